The van der Waals surface area contributed by atoms with Gasteiger partial charge in [0.15, 0.2) is 0 Å². The second-order valence-corrected chi connectivity index (χ2v) is 6.56. The van der Waals surface area contributed by atoms with Crippen LogP contribution in [-0.4, -0.2) is 57.7 Å². The van der Waals surface area contributed by atoms with Crippen molar-refractivity contribution in [2.75, 3.05) is 51.3 Å². The zero-order valence-corrected chi connectivity index (χ0v) is 15.0. The molecule has 0 unspecified atom stereocenters. The van der Waals surface area contributed by atoms with Gasteiger partial charge in [0.25, 0.3) is 0 Å². The third-order valence-corrected chi connectivity index (χ3v) is 4.69. The van der Waals surface area contributed by atoms with Crippen LogP contribution in [0.3, 0.4) is 0 Å². The van der Waals surface area contributed by atoms with E-state index >= 15 is 0 Å². The summed E-state index contributed by atoms with van der Waals surface area (Å²) in [5, 5.41) is 10.2. The maximum atomic E-state index is 12.9. The van der Waals surface area contributed by atoms with Crippen LogP contribution >= 0.6 is 0 Å². The Kier molecular flexibility index (Phi) is 6.30. The van der Waals surface area contributed by atoms with E-state index in [0.29, 0.717) is 12.3 Å². The summed E-state index contributed by atoms with van der Waals surface area (Å²) in [7, 11) is 1.67. The predicted molar refractivity (Wildman–Crippen MR) is 98.7 cm³/mol. The summed E-state index contributed by atoms with van der Waals surface area (Å²) in [6, 6.07) is 14.0. The zero-order chi connectivity index (χ0) is 18.4. The van der Waals surface area contributed by atoms with Crippen molar-refractivity contribution in [3.8, 4) is 11.5 Å². The lowest BCUT2D eigenvalue weighted by atomic mass is 10.2. The molecule has 140 valence electrons. The quantitative estimate of drug-likeness (QED) is 0.772. The topological polar surface area (TPSA) is 46.4 Å². The van der Waals surface area contributed by atoms with E-state index in [9.17, 15) is 9.50 Å². The Labute approximate surface area is 153 Å². The molecule has 6 heteroatoms. The Hall–Kier alpha value is -2.31. The Morgan fingerprint density at radius 1 is 1.04 bits per heavy atom. The highest BCUT2D eigenvalue weighted by Crippen LogP contribution is 2.19. The van der Waals surface area contributed by atoms with Gasteiger partial charge in [-0.15, -0.1) is 0 Å². The van der Waals surface area contributed by atoms with Crippen molar-refractivity contribution in [2.45, 2.75) is 6.10 Å². The number of rotatable bonds is 7. The fourth-order valence-corrected chi connectivity index (χ4v) is 3.19. The van der Waals surface area contributed by atoms with Crippen LogP contribution in [0.4, 0.5) is 10.1 Å². The summed E-state index contributed by atoms with van der Waals surface area (Å²) in [6.07, 6.45) is -0.539. The van der Waals surface area contributed by atoms with E-state index in [1.54, 1.807) is 19.2 Å². The van der Waals surface area contributed by atoms with Gasteiger partial charge >= 0.3 is 0 Å². The fraction of sp³-hybridized carbons (Fsp3) is 0.400. The van der Waals surface area contributed by atoms with Gasteiger partial charge < -0.3 is 24.4 Å². The van der Waals surface area contributed by atoms with Gasteiger partial charge in [-0.3, -0.25) is 0 Å². The lowest BCUT2D eigenvalue weighted by Gasteiger charge is -2.34. The minimum absolute atomic E-state index is 0.220. The van der Waals surface area contributed by atoms with Crippen LogP contribution < -0.4 is 19.3 Å². The predicted octanol–water partition coefficient (Wildman–Crippen LogP) is 0.979. The molecule has 26 heavy (non-hydrogen) atoms. The molecule has 2 N–H and O–H groups in total. The summed E-state index contributed by atoms with van der Waals surface area (Å²) in [4.78, 5) is 3.72. The lowest BCUT2D eigenvalue weighted by molar-refractivity contribution is -0.903. The first-order valence-electron chi connectivity index (χ1n) is 8.93. The highest BCUT2D eigenvalue weighted by Gasteiger charge is 2.22. The van der Waals surface area contributed by atoms with Crippen LogP contribution in [0, 0.1) is 5.82 Å². The van der Waals surface area contributed by atoms with Crippen molar-refractivity contribution < 1.29 is 23.9 Å². The number of anilines is 1. The number of ether oxygens (including phenoxy) is 2. The number of nitrogens with zero attached hydrogens (tertiary/aromatic N) is 1. The van der Waals surface area contributed by atoms with Gasteiger partial charge in [-0.2, -0.15) is 0 Å². The number of aliphatic hydroxyl groups is 1. The first-order valence-corrected chi connectivity index (χ1v) is 8.93. The number of methoxy groups -OCH3 is 1. The van der Waals surface area contributed by atoms with E-state index in [4.69, 9.17) is 9.47 Å². The largest absolute Gasteiger partial charge is 0.497 e. The third kappa shape index (κ3) is 5.09. The summed E-state index contributed by atoms with van der Waals surface area (Å²) in [6.45, 7) is 4.72. The smallest absolute Gasteiger partial charge is 0.137 e. The monoisotopic (exact) mass is 361 g/mol. The summed E-state index contributed by atoms with van der Waals surface area (Å²) >= 11 is 0. The number of aliphatic hydroxyl groups excluding tert-OH is 1. The molecule has 0 amide bonds. The van der Waals surface area contributed by atoms with E-state index < -0.39 is 6.10 Å². The fourth-order valence-electron chi connectivity index (χ4n) is 3.19. The number of hydrogen-bond acceptors (Lipinski definition) is 4. The Morgan fingerprint density at radius 2 is 1.65 bits per heavy atom. The van der Waals surface area contributed by atoms with Gasteiger partial charge in [0.2, 0.25) is 0 Å². The molecule has 1 fully saturated rings. The number of piperazine rings is 1. The maximum Gasteiger partial charge on any atom is 0.137 e. The van der Waals surface area contributed by atoms with Crippen LogP contribution in [0.25, 0.3) is 0 Å². The van der Waals surface area contributed by atoms with Crippen LogP contribution in [-0.2, 0) is 0 Å². The average Bonchev–Trinajstić information content (AvgIpc) is 2.68. The second kappa shape index (κ2) is 8.87. The number of benzene rings is 2. The molecule has 2 aromatic rings. The Bertz CT molecular complexity index is 670. The molecule has 0 bridgehead atoms. The molecule has 0 radical (unpaired) electrons. The van der Waals surface area contributed by atoms with E-state index in [1.165, 1.54) is 22.7 Å². The maximum absolute atomic E-state index is 12.9. The van der Waals surface area contributed by atoms with Gasteiger partial charge in [0.05, 0.1) is 33.3 Å². The number of hydrogen-bond donors (Lipinski definition) is 2. The Morgan fingerprint density at radius 3 is 2.27 bits per heavy atom. The van der Waals surface area contributed by atoms with Crippen molar-refractivity contribution in [1.82, 2.24) is 0 Å². The molecule has 5 nitrogen and oxygen atoms in total. The molecule has 1 atom stereocenters. The summed E-state index contributed by atoms with van der Waals surface area (Å²) < 4.78 is 23.6. The molecule has 0 aromatic heterocycles. The third-order valence-electron chi connectivity index (χ3n) is 4.69. The van der Waals surface area contributed by atoms with Crippen molar-refractivity contribution in [3.63, 3.8) is 0 Å². The molecule has 1 aliphatic rings. The molecule has 0 aliphatic carbocycles. The van der Waals surface area contributed by atoms with Gasteiger partial charge in [-0.05, 0) is 48.5 Å². The first kappa shape index (κ1) is 18.5. The molecule has 3 rings (SSSR count). The van der Waals surface area contributed by atoms with Gasteiger partial charge in [-0.1, -0.05) is 0 Å². The van der Waals surface area contributed by atoms with E-state index in [2.05, 4.69) is 17.0 Å². The lowest BCUT2D eigenvalue weighted by Crippen LogP contribution is -3.16. The van der Waals surface area contributed by atoms with Crippen molar-refractivity contribution >= 4 is 5.69 Å². The highest BCUT2D eigenvalue weighted by atomic mass is 19.1. The molecular weight excluding hydrogens is 335 g/mol. The van der Waals surface area contributed by atoms with Crippen LogP contribution in [0.1, 0.15) is 0 Å². The van der Waals surface area contributed by atoms with Gasteiger partial charge in [0.1, 0.15) is 36.6 Å². The van der Waals surface area contributed by atoms with Gasteiger partial charge in [-0.25, -0.2) is 4.39 Å². The number of nitrogens with one attached hydrogen (secondary N) is 1. The van der Waals surface area contributed by atoms with Crippen molar-refractivity contribution in [1.29, 1.82) is 0 Å². The average molecular weight is 361 g/mol. The summed E-state index contributed by atoms with van der Waals surface area (Å²) in [5.74, 6) is 1.14. The molecule has 0 saturated carbocycles. The second-order valence-electron chi connectivity index (χ2n) is 6.56. The molecular formula is C20H26FN2O3+. The van der Waals surface area contributed by atoms with Gasteiger partial charge in [0, 0.05) is 5.69 Å². The van der Waals surface area contributed by atoms with Crippen LogP contribution in [0.15, 0.2) is 48.5 Å². The SMILES string of the molecule is COc1ccc(N2CC[NH+](C[C@H](O)COc3ccc(F)cc3)CC2)cc1. The van der Waals surface area contributed by atoms with E-state index in [0.717, 1.165) is 31.9 Å². The summed E-state index contributed by atoms with van der Waals surface area (Å²) in [5.41, 5.74) is 1.20. The number of quaternary nitrogens is 1. The Balaban J connectivity index is 1.40. The van der Waals surface area contributed by atoms with Crippen molar-refractivity contribution in [3.05, 3.63) is 54.3 Å². The molecule has 2 aromatic carbocycles. The van der Waals surface area contributed by atoms with Crippen LogP contribution in [0.5, 0.6) is 11.5 Å². The minimum atomic E-state index is -0.539. The van der Waals surface area contributed by atoms with E-state index in [-0.39, 0.29) is 12.4 Å². The standard InChI is InChI=1S/C20H25FN2O3/c1-25-19-8-4-17(5-9-19)23-12-10-22(11-13-23)14-18(24)15-26-20-6-2-16(21)3-7-20/h2-9,18,24H,10-15H2,1H3/p+1/t18-/m0/s1. The number of halogens is 1. The normalized spacial score (nSPS) is 16.3. The molecule has 1 aliphatic heterocycles. The van der Waals surface area contributed by atoms with Crippen LogP contribution in [0.2, 0.25) is 0 Å². The first-order chi connectivity index (χ1) is 12.6. The highest BCUT2D eigenvalue weighted by molar-refractivity contribution is 5.49. The van der Waals surface area contributed by atoms with E-state index in [1.807, 2.05) is 12.1 Å². The molecule has 0 spiro atoms. The minimum Gasteiger partial charge on any atom is -0.497 e. The van der Waals surface area contributed by atoms with Crippen molar-refractivity contribution in [2.24, 2.45) is 0 Å². The zero-order valence-electron chi connectivity index (χ0n) is 15.0. The molecule has 1 heterocycles. The molecule has 1 saturated heterocycles.